The average Bonchev–Trinajstić information content (AvgIpc) is 2.92. The molecule has 0 bridgehead atoms. The number of halogens is 1. The maximum Gasteiger partial charge on any atom is 0.120 e. The first kappa shape index (κ1) is 15.2. The molecule has 0 radical (unpaired) electrons. The number of aromatic amines is 1. The zero-order valence-electron chi connectivity index (χ0n) is 11.6. The molecule has 1 aromatic heterocycles. The summed E-state index contributed by atoms with van der Waals surface area (Å²) in [5, 5.41) is 12.2. The summed E-state index contributed by atoms with van der Waals surface area (Å²) in [7, 11) is 0. The number of hydrogen-bond acceptors (Lipinski definition) is 3. The molecular weight excluding hydrogens is 318 g/mol. The minimum absolute atomic E-state index is 0.250. The molecule has 0 spiro atoms. The van der Waals surface area contributed by atoms with Gasteiger partial charge in [-0.25, -0.2) is 4.98 Å². The van der Waals surface area contributed by atoms with Crippen molar-refractivity contribution >= 4 is 15.9 Å². The van der Waals surface area contributed by atoms with Crippen molar-refractivity contribution < 1.29 is 5.11 Å². The van der Waals surface area contributed by atoms with E-state index in [-0.39, 0.29) is 6.61 Å². The third-order valence-corrected chi connectivity index (χ3v) is 3.67. The molecule has 5 heteroatoms. The predicted octanol–water partition coefficient (Wildman–Crippen LogP) is 3.09. The number of aliphatic hydroxyl groups is 1. The highest BCUT2D eigenvalue weighted by Crippen LogP contribution is 2.21. The van der Waals surface area contributed by atoms with Gasteiger partial charge in [-0.1, -0.05) is 28.1 Å². The van der Waals surface area contributed by atoms with Gasteiger partial charge in [-0.3, -0.25) is 0 Å². The summed E-state index contributed by atoms with van der Waals surface area (Å²) in [6, 6.07) is 8.51. The molecule has 0 aliphatic heterocycles. The summed E-state index contributed by atoms with van der Waals surface area (Å²) in [5.41, 5.74) is 2.14. The van der Waals surface area contributed by atoms with Crippen molar-refractivity contribution in [1.29, 1.82) is 0 Å². The van der Waals surface area contributed by atoms with Crippen molar-refractivity contribution in [3.8, 4) is 11.3 Å². The minimum Gasteiger partial charge on any atom is -0.396 e. The van der Waals surface area contributed by atoms with Crippen LogP contribution in [0, 0.1) is 0 Å². The Kier molecular flexibility index (Phi) is 5.76. The Morgan fingerprint density at radius 2 is 2.30 bits per heavy atom. The molecule has 0 saturated carbocycles. The Morgan fingerprint density at radius 3 is 3.05 bits per heavy atom. The van der Waals surface area contributed by atoms with Crippen molar-refractivity contribution in [3.63, 3.8) is 0 Å². The van der Waals surface area contributed by atoms with Crippen LogP contribution in [0.1, 0.15) is 25.6 Å². The number of aliphatic hydroxyl groups excluding tert-OH is 1. The lowest BCUT2D eigenvalue weighted by Gasteiger charge is -2.11. The number of imidazole rings is 1. The zero-order valence-corrected chi connectivity index (χ0v) is 13.2. The number of rotatable bonds is 7. The molecule has 0 fully saturated rings. The molecule has 1 aromatic carbocycles. The first-order chi connectivity index (χ1) is 9.69. The third-order valence-electron chi connectivity index (χ3n) is 3.18. The van der Waals surface area contributed by atoms with E-state index in [1.54, 1.807) is 0 Å². The average molecular weight is 338 g/mol. The molecule has 2 rings (SSSR count). The molecule has 1 heterocycles. The van der Waals surface area contributed by atoms with E-state index in [0.717, 1.165) is 34.4 Å². The van der Waals surface area contributed by atoms with E-state index in [1.165, 1.54) is 0 Å². The van der Waals surface area contributed by atoms with E-state index < -0.39 is 0 Å². The summed E-state index contributed by atoms with van der Waals surface area (Å²) in [6.07, 6.45) is 3.66. The van der Waals surface area contributed by atoms with E-state index in [4.69, 9.17) is 5.11 Å². The van der Waals surface area contributed by atoms with Gasteiger partial charge in [0.2, 0.25) is 0 Å². The summed E-state index contributed by atoms with van der Waals surface area (Å²) in [6.45, 7) is 3.08. The van der Waals surface area contributed by atoms with Crippen LogP contribution in [0.3, 0.4) is 0 Å². The van der Waals surface area contributed by atoms with Crippen LogP contribution in [0.25, 0.3) is 11.3 Å². The largest absolute Gasteiger partial charge is 0.396 e. The lowest BCUT2D eigenvalue weighted by molar-refractivity contribution is 0.276. The Morgan fingerprint density at radius 1 is 1.45 bits per heavy atom. The quantitative estimate of drug-likeness (QED) is 0.727. The normalized spacial score (nSPS) is 12.6. The lowest BCUT2D eigenvalue weighted by Crippen LogP contribution is -2.26. The van der Waals surface area contributed by atoms with Gasteiger partial charge in [0.1, 0.15) is 5.82 Å². The van der Waals surface area contributed by atoms with Crippen LogP contribution in [0.2, 0.25) is 0 Å². The maximum absolute atomic E-state index is 8.80. The Labute approximate surface area is 127 Å². The SMILES string of the molecule is CC(CCCO)NCc1ncc(-c2cccc(Br)c2)[nH]1. The van der Waals surface area contributed by atoms with Crippen LogP contribution < -0.4 is 5.32 Å². The molecule has 20 heavy (non-hydrogen) atoms. The Balaban J connectivity index is 1.92. The van der Waals surface area contributed by atoms with Crippen LogP contribution in [-0.4, -0.2) is 27.7 Å². The fraction of sp³-hybridized carbons (Fsp3) is 0.400. The second kappa shape index (κ2) is 7.57. The number of hydrogen-bond donors (Lipinski definition) is 3. The van der Waals surface area contributed by atoms with Crippen LogP contribution in [0.15, 0.2) is 34.9 Å². The molecule has 0 amide bonds. The number of nitrogens with one attached hydrogen (secondary N) is 2. The number of aromatic nitrogens is 2. The fourth-order valence-corrected chi connectivity index (χ4v) is 2.42. The highest BCUT2D eigenvalue weighted by Gasteiger charge is 2.05. The van der Waals surface area contributed by atoms with Gasteiger partial charge < -0.3 is 15.4 Å². The summed E-state index contributed by atoms with van der Waals surface area (Å²) >= 11 is 3.47. The van der Waals surface area contributed by atoms with E-state index in [1.807, 2.05) is 18.3 Å². The van der Waals surface area contributed by atoms with Crippen LogP contribution >= 0.6 is 15.9 Å². The first-order valence-electron chi connectivity index (χ1n) is 6.83. The van der Waals surface area contributed by atoms with E-state index in [9.17, 15) is 0 Å². The Bertz CT molecular complexity index is 541. The van der Waals surface area contributed by atoms with Crippen LogP contribution in [0.5, 0.6) is 0 Å². The second-order valence-corrected chi connectivity index (χ2v) is 5.82. The summed E-state index contributed by atoms with van der Waals surface area (Å²) in [4.78, 5) is 7.72. The molecule has 1 unspecified atom stereocenters. The fourth-order valence-electron chi connectivity index (χ4n) is 2.03. The zero-order chi connectivity index (χ0) is 14.4. The number of benzene rings is 1. The number of H-pyrrole nitrogens is 1. The third kappa shape index (κ3) is 4.44. The monoisotopic (exact) mass is 337 g/mol. The minimum atomic E-state index is 0.250. The maximum atomic E-state index is 8.80. The summed E-state index contributed by atoms with van der Waals surface area (Å²) < 4.78 is 1.06. The van der Waals surface area contributed by atoms with Crippen molar-refractivity contribution in [2.24, 2.45) is 0 Å². The molecule has 1 atom stereocenters. The van der Waals surface area contributed by atoms with Gasteiger partial charge in [0.05, 0.1) is 18.4 Å². The molecular formula is C15H20BrN3O. The molecule has 108 valence electrons. The van der Waals surface area contributed by atoms with Gasteiger partial charge in [-0.05, 0) is 31.9 Å². The van der Waals surface area contributed by atoms with Gasteiger partial charge in [-0.2, -0.15) is 0 Å². The highest BCUT2D eigenvalue weighted by atomic mass is 79.9. The van der Waals surface area contributed by atoms with E-state index in [0.29, 0.717) is 12.6 Å². The van der Waals surface area contributed by atoms with Crippen molar-refractivity contribution in [1.82, 2.24) is 15.3 Å². The van der Waals surface area contributed by atoms with E-state index >= 15 is 0 Å². The van der Waals surface area contributed by atoms with Crippen molar-refractivity contribution in [2.75, 3.05) is 6.61 Å². The smallest absolute Gasteiger partial charge is 0.120 e. The predicted molar refractivity (Wildman–Crippen MR) is 84.3 cm³/mol. The van der Waals surface area contributed by atoms with Gasteiger partial charge in [0.25, 0.3) is 0 Å². The topological polar surface area (TPSA) is 60.9 Å². The summed E-state index contributed by atoms with van der Waals surface area (Å²) in [5.74, 6) is 0.927. The van der Waals surface area contributed by atoms with Gasteiger partial charge >= 0.3 is 0 Å². The lowest BCUT2D eigenvalue weighted by atomic mass is 10.2. The van der Waals surface area contributed by atoms with Crippen LogP contribution in [-0.2, 0) is 6.54 Å². The highest BCUT2D eigenvalue weighted by molar-refractivity contribution is 9.10. The molecule has 0 aliphatic carbocycles. The number of nitrogens with zero attached hydrogens (tertiary/aromatic N) is 1. The van der Waals surface area contributed by atoms with Crippen molar-refractivity contribution in [3.05, 3.63) is 40.8 Å². The molecule has 3 N–H and O–H groups in total. The van der Waals surface area contributed by atoms with Crippen LogP contribution in [0.4, 0.5) is 0 Å². The molecule has 2 aromatic rings. The first-order valence-corrected chi connectivity index (χ1v) is 7.62. The second-order valence-electron chi connectivity index (χ2n) is 4.90. The molecule has 0 saturated heterocycles. The molecule has 0 aliphatic rings. The van der Waals surface area contributed by atoms with Gasteiger partial charge in [-0.15, -0.1) is 0 Å². The van der Waals surface area contributed by atoms with Gasteiger partial charge in [0.15, 0.2) is 0 Å². The standard InChI is InChI=1S/C15H20BrN3O/c1-11(4-3-7-20)17-10-15-18-9-14(19-15)12-5-2-6-13(16)8-12/h2,5-6,8-9,11,17,20H,3-4,7,10H2,1H3,(H,18,19). The van der Waals surface area contributed by atoms with E-state index in [2.05, 4.69) is 50.3 Å². The van der Waals surface area contributed by atoms with Gasteiger partial charge in [0, 0.05) is 22.7 Å². The molecule has 4 nitrogen and oxygen atoms in total. The Hall–Kier alpha value is -1.17. The van der Waals surface area contributed by atoms with Crippen molar-refractivity contribution in [2.45, 2.75) is 32.4 Å².